The monoisotopic (exact) mass is 292 g/mol. The maximum atomic E-state index is 11.9. The van der Waals surface area contributed by atoms with E-state index in [0.717, 1.165) is 13.0 Å². The molecule has 1 aromatic rings. The van der Waals surface area contributed by atoms with Gasteiger partial charge >= 0.3 is 0 Å². The number of rotatable bonds is 8. The number of likely N-dealkylation sites (N-methyl/N-ethyl adjacent to an activating group) is 1. The van der Waals surface area contributed by atoms with Gasteiger partial charge in [0, 0.05) is 20.0 Å². The average molecular weight is 292 g/mol. The molecule has 0 unspecified atom stereocenters. The van der Waals surface area contributed by atoms with Crippen LogP contribution >= 0.6 is 0 Å². The SMILES string of the molecule is CCCN(CCC(=O)Nc1ccccc1N)CC(=O)NC. The van der Waals surface area contributed by atoms with Crippen LogP contribution in [0.4, 0.5) is 11.4 Å². The van der Waals surface area contributed by atoms with E-state index >= 15 is 0 Å². The van der Waals surface area contributed by atoms with Gasteiger partial charge in [-0.15, -0.1) is 0 Å². The molecule has 0 heterocycles. The lowest BCUT2D eigenvalue weighted by Crippen LogP contribution is -2.37. The number of hydrogen-bond donors (Lipinski definition) is 3. The van der Waals surface area contributed by atoms with E-state index in [1.165, 1.54) is 0 Å². The number of hydrogen-bond acceptors (Lipinski definition) is 4. The van der Waals surface area contributed by atoms with Crippen LogP contribution in [0.3, 0.4) is 0 Å². The molecule has 0 saturated carbocycles. The van der Waals surface area contributed by atoms with Crippen LogP contribution in [0, 0.1) is 0 Å². The third-order valence-electron chi connectivity index (χ3n) is 3.08. The van der Waals surface area contributed by atoms with Gasteiger partial charge in [-0.3, -0.25) is 14.5 Å². The van der Waals surface area contributed by atoms with Gasteiger partial charge < -0.3 is 16.4 Å². The minimum absolute atomic E-state index is 0.0452. The highest BCUT2D eigenvalue weighted by Gasteiger charge is 2.11. The van der Waals surface area contributed by atoms with Crippen molar-refractivity contribution in [3.05, 3.63) is 24.3 Å². The number of benzene rings is 1. The molecule has 0 atom stereocenters. The topological polar surface area (TPSA) is 87.5 Å². The highest BCUT2D eigenvalue weighted by atomic mass is 16.2. The minimum atomic E-state index is -0.106. The van der Waals surface area contributed by atoms with Gasteiger partial charge in [-0.05, 0) is 25.1 Å². The summed E-state index contributed by atoms with van der Waals surface area (Å²) < 4.78 is 0. The quantitative estimate of drug-likeness (QED) is 0.625. The normalized spacial score (nSPS) is 10.4. The van der Waals surface area contributed by atoms with E-state index < -0.39 is 0 Å². The molecule has 0 aromatic heterocycles. The summed E-state index contributed by atoms with van der Waals surface area (Å²) in [6.45, 7) is 3.68. The van der Waals surface area contributed by atoms with E-state index in [2.05, 4.69) is 10.6 Å². The molecule has 0 bridgehead atoms. The first-order valence-corrected chi connectivity index (χ1v) is 7.14. The summed E-state index contributed by atoms with van der Waals surface area (Å²) in [4.78, 5) is 25.3. The summed E-state index contributed by atoms with van der Waals surface area (Å²) in [5, 5.41) is 5.37. The van der Waals surface area contributed by atoms with Gasteiger partial charge in [-0.2, -0.15) is 0 Å². The minimum Gasteiger partial charge on any atom is -0.397 e. The van der Waals surface area contributed by atoms with Gasteiger partial charge in [-0.1, -0.05) is 19.1 Å². The molecular formula is C15H24N4O2. The summed E-state index contributed by atoms with van der Waals surface area (Å²) in [7, 11) is 1.61. The van der Waals surface area contributed by atoms with Gasteiger partial charge in [-0.25, -0.2) is 0 Å². The first kappa shape index (κ1) is 17.0. The first-order valence-electron chi connectivity index (χ1n) is 7.14. The van der Waals surface area contributed by atoms with E-state index in [9.17, 15) is 9.59 Å². The fourth-order valence-corrected chi connectivity index (χ4v) is 1.95. The average Bonchev–Trinajstić information content (AvgIpc) is 2.47. The zero-order valence-electron chi connectivity index (χ0n) is 12.7. The molecule has 1 rings (SSSR count). The lowest BCUT2D eigenvalue weighted by atomic mass is 10.2. The van der Waals surface area contributed by atoms with E-state index in [0.29, 0.717) is 30.9 Å². The summed E-state index contributed by atoms with van der Waals surface area (Å²) in [6.07, 6.45) is 1.26. The Kier molecular flexibility index (Phi) is 7.25. The van der Waals surface area contributed by atoms with Gasteiger partial charge in [0.25, 0.3) is 0 Å². The van der Waals surface area contributed by atoms with Crippen LogP contribution in [0.5, 0.6) is 0 Å². The van der Waals surface area contributed by atoms with Gasteiger partial charge in [0.1, 0.15) is 0 Å². The number of nitrogens with zero attached hydrogens (tertiary/aromatic N) is 1. The molecule has 0 spiro atoms. The molecule has 0 aliphatic heterocycles. The number of nitrogens with one attached hydrogen (secondary N) is 2. The molecule has 6 nitrogen and oxygen atoms in total. The maximum absolute atomic E-state index is 11.9. The highest BCUT2D eigenvalue weighted by Crippen LogP contribution is 2.16. The van der Waals surface area contributed by atoms with Crippen molar-refractivity contribution in [3.63, 3.8) is 0 Å². The fraction of sp³-hybridized carbons (Fsp3) is 0.467. The standard InChI is InChI=1S/C15H24N4O2/c1-3-9-19(11-15(21)17-2)10-8-14(20)18-13-7-5-4-6-12(13)16/h4-7H,3,8-11,16H2,1-2H3,(H,17,21)(H,18,20). The van der Waals surface area contributed by atoms with E-state index in [1.807, 2.05) is 24.0 Å². The molecule has 0 aliphatic carbocycles. The molecule has 2 amide bonds. The number of carbonyl (C=O) groups excluding carboxylic acids is 2. The third-order valence-corrected chi connectivity index (χ3v) is 3.08. The predicted molar refractivity (Wildman–Crippen MR) is 84.9 cm³/mol. The van der Waals surface area contributed by atoms with Gasteiger partial charge in [0.2, 0.25) is 11.8 Å². The van der Waals surface area contributed by atoms with Crippen molar-refractivity contribution in [2.75, 3.05) is 37.7 Å². The highest BCUT2D eigenvalue weighted by molar-refractivity contribution is 5.93. The van der Waals surface area contributed by atoms with Crippen LogP contribution in [0.25, 0.3) is 0 Å². The molecule has 0 fully saturated rings. The Hall–Kier alpha value is -2.08. The second-order valence-electron chi connectivity index (χ2n) is 4.83. The number of nitrogens with two attached hydrogens (primary N) is 1. The summed E-state index contributed by atoms with van der Waals surface area (Å²) in [6, 6.07) is 7.14. The first-order chi connectivity index (χ1) is 10.1. The zero-order chi connectivity index (χ0) is 15.7. The zero-order valence-corrected chi connectivity index (χ0v) is 12.7. The van der Waals surface area contributed by atoms with Crippen molar-refractivity contribution in [1.29, 1.82) is 0 Å². The third kappa shape index (κ3) is 6.27. The van der Waals surface area contributed by atoms with Crippen molar-refractivity contribution in [2.45, 2.75) is 19.8 Å². The smallest absolute Gasteiger partial charge is 0.233 e. The van der Waals surface area contributed by atoms with Gasteiger partial charge in [0.15, 0.2) is 0 Å². The second kappa shape index (κ2) is 8.97. The van der Waals surface area contributed by atoms with Crippen molar-refractivity contribution in [1.82, 2.24) is 10.2 Å². The van der Waals surface area contributed by atoms with E-state index in [-0.39, 0.29) is 11.8 Å². The number of carbonyl (C=O) groups is 2. The lowest BCUT2D eigenvalue weighted by molar-refractivity contribution is -0.122. The Morgan fingerprint density at radius 1 is 1.19 bits per heavy atom. The van der Waals surface area contributed by atoms with Crippen molar-refractivity contribution in [2.24, 2.45) is 0 Å². The molecule has 116 valence electrons. The van der Waals surface area contributed by atoms with Crippen LogP contribution in [-0.2, 0) is 9.59 Å². The van der Waals surface area contributed by atoms with Crippen molar-refractivity contribution >= 4 is 23.2 Å². The van der Waals surface area contributed by atoms with Crippen LogP contribution in [0.2, 0.25) is 0 Å². The van der Waals surface area contributed by atoms with Gasteiger partial charge in [0.05, 0.1) is 17.9 Å². The molecule has 0 aliphatic rings. The Morgan fingerprint density at radius 2 is 1.90 bits per heavy atom. The molecule has 0 radical (unpaired) electrons. The van der Waals surface area contributed by atoms with E-state index in [1.54, 1.807) is 19.2 Å². The molecule has 0 saturated heterocycles. The largest absolute Gasteiger partial charge is 0.397 e. The van der Waals surface area contributed by atoms with E-state index in [4.69, 9.17) is 5.73 Å². The predicted octanol–water partition coefficient (Wildman–Crippen LogP) is 1.06. The molecule has 6 heteroatoms. The fourth-order valence-electron chi connectivity index (χ4n) is 1.95. The number of amides is 2. The van der Waals surface area contributed by atoms with Crippen LogP contribution in [0.15, 0.2) is 24.3 Å². The Labute approximate surface area is 125 Å². The summed E-state index contributed by atoms with van der Waals surface area (Å²) in [5.74, 6) is -0.151. The van der Waals surface area contributed by atoms with Crippen molar-refractivity contribution < 1.29 is 9.59 Å². The Bertz CT molecular complexity index is 476. The Balaban J connectivity index is 2.46. The summed E-state index contributed by atoms with van der Waals surface area (Å²) in [5.41, 5.74) is 6.94. The summed E-state index contributed by atoms with van der Waals surface area (Å²) >= 11 is 0. The van der Waals surface area contributed by atoms with Crippen molar-refractivity contribution in [3.8, 4) is 0 Å². The second-order valence-corrected chi connectivity index (χ2v) is 4.83. The Morgan fingerprint density at radius 3 is 2.52 bits per heavy atom. The molecular weight excluding hydrogens is 268 g/mol. The van der Waals surface area contributed by atoms with Crippen LogP contribution in [0.1, 0.15) is 19.8 Å². The maximum Gasteiger partial charge on any atom is 0.233 e. The number of para-hydroxylation sites is 2. The molecule has 4 N–H and O–H groups in total. The molecule has 21 heavy (non-hydrogen) atoms. The van der Waals surface area contributed by atoms with Crippen LogP contribution in [-0.4, -0.2) is 43.4 Å². The number of nitrogen functional groups attached to an aromatic ring is 1. The number of anilines is 2. The lowest BCUT2D eigenvalue weighted by Gasteiger charge is -2.20. The van der Waals surface area contributed by atoms with Crippen LogP contribution < -0.4 is 16.4 Å². The molecule has 1 aromatic carbocycles.